The van der Waals surface area contributed by atoms with E-state index in [9.17, 15) is 0 Å². The topological polar surface area (TPSA) is 21.3 Å². The Morgan fingerprint density at radius 3 is 2.65 bits per heavy atom. The number of hydrogen-bond acceptors (Lipinski definition) is 2. The van der Waals surface area contributed by atoms with Gasteiger partial charge < -0.3 is 10.1 Å². The van der Waals surface area contributed by atoms with Crippen LogP contribution in [0, 0.1) is 5.92 Å². The number of hydrogen-bond donors (Lipinski definition) is 1. The van der Waals surface area contributed by atoms with Gasteiger partial charge in [0.1, 0.15) is 0 Å². The van der Waals surface area contributed by atoms with Crippen LogP contribution >= 0.6 is 0 Å². The minimum Gasteiger partial charge on any atom is -0.382 e. The maximum Gasteiger partial charge on any atom is 0.0469 e. The molecule has 0 saturated heterocycles. The van der Waals surface area contributed by atoms with E-state index < -0.39 is 0 Å². The van der Waals surface area contributed by atoms with Crippen LogP contribution in [-0.2, 0) is 4.74 Å². The van der Waals surface area contributed by atoms with Gasteiger partial charge >= 0.3 is 0 Å². The van der Waals surface area contributed by atoms with Crippen LogP contribution in [-0.4, -0.2) is 25.8 Å². The van der Waals surface area contributed by atoms with Gasteiger partial charge in [-0.3, -0.25) is 0 Å². The molecule has 1 aromatic rings. The van der Waals surface area contributed by atoms with Crippen molar-refractivity contribution in [3.8, 4) is 0 Å². The van der Waals surface area contributed by atoms with Crippen molar-refractivity contribution in [2.75, 3.05) is 19.8 Å². The summed E-state index contributed by atoms with van der Waals surface area (Å²) >= 11 is 0. The molecular weight excluding hydrogens is 246 g/mol. The lowest BCUT2D eigenvalue weighted by Gasteiger charge is -2.37. The fraction of sp³-hybridized carbons (Fsp3) is 0.667. The van der Waals surface area contributed by atoms with Crippen LogP contribution in [0.25, 0.3) is 0 Å². The van der Waals surface area contributed by atoms with E-state index in [0.29, 0.717) is 6.04 Å². The highest BCUT2D eigenvalue weighted by atomic mass is 16.5. The lowest BCUT2D eigenvalue weighted by atomic mass is 9.74. The lowest BCUT2D eigenvalue weighted by Crippen LogP contribution is -2.40. The van der Waals surface area contributed by atoms with Crippen LogP contribution in [0.3, 0.4) is 0 Å². The smallest absolute Gasteiger partial charge is 0.0469 e. The predicted molar refractivity (Wildman–Crippen MR) is 85.1 cm³/mol. The molecule has 0 aromatic heterocycles. The van der Waals surface area contributed by atoms with Crippen molar-refractivity contribution in [1.82, 2.24) is 5.32 Å². The van der Waals surface area contributed by atoms with E-state index in [2.05, 4.69) is 49.5 Å². The van der Waals surface area contributed by atoms with E-state index in [1.54, 1.807) is 0 Å². The molecule has 0 bridgehead atoms. The summed E-state index contributed by atoms with van der Waals surface area (Å²) in [6.45, 7) is 7.11. The van der Waals surface area contributed by atoms with Gasteiger partial charge in [0.15, 0.2) is 0 Å². The predicted octanol–water partition coefficient (Wildman–Crippen LogP) is 3.98. The molecule has 1 N–H and O–H groups in total. The van der Waals surface area contributed by atoms with Gasteiger partial charge in [0, 0.05) is 19.3 Å². The zero-order chi connectivity index (χ0) is 14.2. The highest BCUT2D eigenvalue weighted by Crippen LogP contribution is 2.37. The number of benzene rings is 1. The van der Waals surface area contributed by atoms with Gasteiger partial charge in [0.05, 0.1) is 0 Å². The fourth-order valence-electron chi connectivity index (χ4n) is 3.52. The second-order valence-corrected chi connectivity index (χ2v) is 5.83. The fourth-order valence-corrected chi connectivity index (χ4v) is 3.52. The highest BCUT2D eigenvalue weighted by Gasteiger charge is 2.30. The second-order valence-electron chi connectivity index (χ2n) is 5.83. The van der Waals surface area contributed by atoms with Crippen LogP contribution in [0.2, 0.25) is 0 Å². The van der Waals surface area contributed by atoms with Crippen LogP contribution in [0.1, 0.15) is 51.0 Å². The maximum atomic E-state index is 5.58. The maximum absolute atomic E-state index is 5.58. The third-order valence-electron chi connectivity index (χ3n) is 4.56. The molecule has 0 amide bonds. The molecule has 3 atom stereocenters. The molecule has 1 fully saturated rings. The van der Waals surface area contributed by atoms with E-state index in [0.717, 1.165) is 31.6 Å². The minimum atomic E-state index is 0.681. The Morgan fingerprint density at radius 1 is 1.15 bits per heavy atom. The molecule has 1 aliphatic rings. The zero-order valence-electron chi connectivity index (χ0n) is 13.0. The van der Waals surface area contributed by atoms with Crippen molar-refractivity contribution >= 4 is 0 Å². The standard InChI is InChI=1S/C18H29NO/c1-3-19-18-11-10-16(15-8-6-5-7-9-15)14-17(18)12-13-20-4-2/h5-9,16-19H,3-4,10-14H2,1-2H3. The minimum absolute atomic E-state index is 0.681. The third kappa shape index (κ3) is 4.32. The quantitative estimate of drug-likeness (QED) is 0.760. The Labute approximate surface area is 123 Å². The largest absolute Gasteiger partial charge is 0.382 e. The van der Waals surface area contributed by atoms with Gasteiger partial charge in [0.2, 0.25) is 0 Å². The summed E-state index contributed by atoms with van der Waals surface area (Å²) in [6.07, 6.45) is 5.10. The highest BCUT2D eigenvalue weighted by molar-refractivity contribution is 5.20. The van der Waals surface area contributed by atoms with Crippen molar-refractivity contribution in [1.29, 1.82) is 0 Å². The summed E-state index contributed by atoms with van der Waals surface area (Å²) in [4.78, 5) is 0. The Balaban J connectivity index is 1.95. The molecule has 2 nitrogen and oxygen atoms in total. The molecule has 1 aliphatic carbocycles. The summed E-state index contributed by atoms with van der Waals surface area (Å²) in [5.41, 5.74) is 1.52. The van der Waals surface area contributed by atoms with Gasteiger partial charge in [-0.05, 0) is 56.6 Å². The van der Waals surface area contributed by atoms with Crippen molar-refractivity contribution in [2.24, 2.45) is 5.92 Å². The number of nitrogens with one attached hydrogen (secondary N) is 1. The van der Waals surface area contributed by atoms with Crippen LogP contribution in [0.15, 0.2) is 30.3 Å². The van der Waals surface area contributed by atoms with Crippen molar-refractivity contribution in [2.45, 2.75) is 51.5 Å². The molecule has 1 aromatic carbocycles. The molecule has 1 saturated carbocycles. The van der Waals surface area contributed by atoms with E-state index in [4.69, 9.17) is 4.74 Å². The molecule has 2 rings (SSSR count). The monoisotopic (exact) mass is 275 g/mol. The molecule has 20 heavy (non-hydrogen) atoms. The van der Waals surface area contributed by atoms with E-state index in [1.807, 2.05) is 0 Å². The van der Waals surface area contributed by atoms with Gasteiger partial charge in [-0.15, -0.1) is 0 Å². The van der Waals surface area contributed by atoms with Crippen LogP contribution in [0.5, 0.6) is 0 Å². The summed E-state index contributed by atoms with van der Waals surface area (Å²) < 4.78 is 5.58. The summed E-state index contributed by atoms with van der Waals surface area (Å²) in [7, 11) is 0. The summed E-state index contributed by atoms with van der Waals surface area (Å²) in [6, 6.07) is 11.7. The third-order valence-corrected chi connectivity index (χ3v) is 4.56. The normalized spacial score (nSPS) is 26.6. The van der Waals surface area contributed by atoms with Gasteiger partial charge in [0.25, 0.3) is 0 Å². The van der Waals surface area contributed by atoms with Crippen LogP contribution in [0.4, 0.5) is 0 Å². The SMILES string of the molecule is CCNC1CCC(c2ccccc2)CC1CCOCC. The first-order chi connectivity index (χ1) is 9.85. The van der Waals surface area contributed by atoms with E-state index in [1.165, 1.54) is 31.2 Å². The molecule has 0 heterocycles. The first-order valence-corrected chi connectivity index (χ1v) is 8.21. The second kappa shape index (κ2) is 8.43. The molecule has 0 spiro atoms. The van der Waals surface area contributed by atoms with Gasteiger partial charge in [-0.25, -0.2) is 0 Å². The molecule has 0 radical (unpaired) electrons. The lowest BCUT2D eigenvalue weighted by molar-refractivity contribution is 0.112. The summed E-state index contributed by atoms with van der Waals surface area (Å²) in [5.74, 6) is 1.48. The van der Waals surface area contributed by atoms with E-state index in [-0.39, 0.29) is 0 Å². The average Bonchev–Trinajstić information content (AvgIpc) is 2.50. The molecule has 112 valence electrons. The van der Waals surface area contributed by atoms with Crippen molar-refractivity contribution in [3.05, 3.63) is 35.9 Å². The van der Waals surface area contributed by atoms with Crippen LogP contribution < -0.4 is 5.32 Å². The van der Waals surface area contributed by atoms with Gasteiger partial charge in [-0.2, -0.15) is 0 Å². The van der Waals surface area contributed by atoms with E-state index >= 15 is 0 Å². The molecular formula is C18H29NO. The van der Waals surface area contributed by atoms with Crippen molar-refractivity contribution < 1.29 is 4.74 Å². The van der Waals surface area contributed by atoms with Gasteiger partial charge in [-0.1, -0.05) is 37.3 Å². The first-order valence-electron chi connectivity index (χ1n) is 8.21. The Kier molecular flexibility index (Phi) is 6.55. The van der Waals surface area contributed by atoms with Crippen molar-refractivity contribution in [3.63, 3.8) is 0 Å². The zero-order valence-corrected chi connectivity index (χ0v) is 13.0. The summed E-state index contributed by atoms with van der Waals surface area (Å²) in [5, 5.41) is 3.68. The number of rotatable bonds is 7. The first kappa shape index (κ1) is 15.5. The molecule has 2 heteroatoms. The Hall–Kier alpha value is -0.860. The average molecular weight is 275 g/mol. The Bertz CT molecular complexity index is 365. The Morgan fingerprint density at radius 2 is 1.95 bits per heavy atom. The molecule has 0 aliphatic heterocycles. The molecule has 3 unspecified atom stereocenters. The number of ether oxygens (including phenoxy) is 1.